The van der Waals surface area contributed by atoms with Crippen LogP contribution in [0.4, 0.5) is 0 Å². The van der Waals surface area contributed by atoms with Crippen molar-refractivity contribution in [1.82, 2.24) is 0 Å². The molecular formula is C24H40Si2Sn. The van der Waals surface area contributed by atoms with Gasteiger partial charge in [-0.05, 0) is 0 Å². The number of hydrogen-bond acceptors (Lipinski definition) is 0. The zero-order chi connectivity index (χ0) is 19.6. The molecule has 0 N–H and O–H groups in total. The molecule has 0 radical (unpaired) electrons. The van der Waals surface area contributed by atoms with Gasteiger partial charge in [-0.2, -0.15) is 0 Å². The van der Waals surface area contributed by atoms with Crippen LogP contribution in [0.2, 0.25) is 30.6 Å². The zero-order valence-corrected chi connectivity index (χ0v) is 23.8. The van der Waals surface area contributed by atoms with Gasteiger partial charge in [0.15, 0.2) is 0 Å². The third-order valence-electron chi connectivity index (χ3n) is 6.12. The van der Waals surface area contributed by atoms with Gasteiger partial charge in [-0.3, -0.25) is 0 Å². The first-order valence-corrected chi connectivity index (χ1v) is 23.2. The quantitative estimate of drug-likeness (QED) is 0.243. The van der Waals surface area contributed by atoms with Crippen molar-refractivity contribution in [3.63, 3.8) is 0 Å². The molecule has 0 aliphatic heterocycles. The van der Waals surface area contributed by atoms with Crippen molar-refractivity contribution in [3.8, 4) is 0 Å². The summed E-state index contributed by atoms with van der Waals surface area (Å²) in [5, 5.41) is 0. The predicted molar refractivity (Wildman–Crippen MR) is 132 cm³/mol. The van der Waals surface area contributed by atoms with E-state index in [1.807, 2.05) is 0 Å². The van der Waals surface area contributed by atoms with Gasteiger partial charge in [-0.1, -0.05) is 0 Å². The van der Waals surface area contributed by atoms with E-state index in [0.29, 0.717) is 0 Å². The fourth-order valence-corrected chi connectivity index (χ4v) is 43.0. The molecule has 0 aromatic heterocycles. The Labute approximate surface area is 178 Å². The third-order valence-corrected chi connectivity index (χ3v) is 40.1. The first-order valence-electron chi connectivity index (χ1n) is 11.2. The van der Waals surface area contributed by atoms with Gasteiger partial charge in [-0.25, -0.2) is 0 Å². The van der Waals surface area contributed by atoms with E-state index < -0.39 is 37.4 Å². The molecule has 2 aromatic rings. The fraction of sp³-hybridized carbons (Fsp3) is 0.500. The van der Waals surface area contributed by atoms with Crippen LogP contribution < -0.4 is 0 Å². The third kappa shape index (κ3) is 6.90. The molecule has 0 heterocycles. The summed E-state index contributed by atoms with van der Waals surface area (Å²) in [4.78, 5) is 0. The Morgan fingerprint density at radius 2 is 1.11 bits per heavy atom. The van der Waals surface area contributed by atoms with Gasteiger partial charge in [-0.15, -0.1) is 0 Å². The maximum atomic E-state index is 2.62. The van der Waals surface area contributed by atoms with E-state index >= 15 is 0 Å². The van der Waals surface area contributed by atoms with Crippen LogP contribution in [0.3, 0.4) is 0 Å². The number of rotatable bonds is 11. The standard InChI is InChI=1S/2C9H13Si.C6H13.Sn.H/c2*1-10(2)8-9-6-4-3-5-7-9;1-3-5-6-4-2;;/h2*3-8,10H,1-2H3;1,3-6H2,2H3;;. The number of hydrogen-bond donors (Lipinski definition) is 0. The Hall–Kier alpha value is -0.328. The van der Waals surface area contributed by atoms with Gasteiger partial charge < -0.3 is 0 Å². The van der Waals surface area contributed by atoms with E-state index in [1.54, 1.807) is 15.6 Å². The minimum atomic E-state index is -1.85. The predicted octanol–water partition coefficient (Wildman–Crippen LogP) is 6.49. The van der Waals surface area contributed by atoms with Crippen LogP contribution in [0.15, 0.2) is 60.7 Å². The van der Waals surface area contributed by atoms with Gasteiger partial charge in [0.25, 0.3) is 0 Å². The van der Waals surface area contributed by atoms with Crippen LogP contribution >= 0.6 is 0 Å². The van der Waals surface area contributed by atoms with Crippen molar-refractivity contribution >= 4 is 37.4 Å². The molecule has 3 heteroatoms. The number of benzene rings is 2. The average Bonchev–Trinajstić information content (AvgIpc) is 2.66. The van der Waals surface area contributed by atoms with E-state index in [9.17, 15) is 0 Å². The van der Waals surface area contributed by atoms with E-state index in [4.69, 9.17) is 0 Å². The fourth-order valence-electron chi connectivity index (χ4n) is 4.99. The Balaban J connectivity index is 2.40. The second-order valence-corrected chi connectivity index (χ2v) is 29.2. The average molecular weight is 503 g/mol. The Morgan fingerprint density at radius 3 is 1.48 bits per heavy atom. The second-order valence-electron chi connectivity index (χ2n) is 8.87. The van der Waals surface area contributed by atoms with Crippen molar-refractivity contribution in [2.24, 2.45) is 0 Å². The van der Waals surface area contributed by atoms with Gasteiger partial charge in [0.05, 0.1) is 0 Å². The van der Waals surface area contributed by atoms with Crippen LogP contribution in [0.1, 0.15) is 50.8 Å². The normalized spacial score (nSPS) is 15.1. The second kappa shape index (κ2) is 12.3. The topological polar surface area (TPSA) is 0 Å². The number of unbranched alkanes of at least 4 members (excludes halogenated alkanes) is 3. The maximum absolute atomic E-state index is 2.62. The van der Waals surface area contributed by atoms with Gasteiger partial charge in [0, 0.05) is 0 Å². The first kappa shape index (κ1) is 23.0. The summed E-state index contributed by atoms with van der Waals surface area (Å²) < 4.78 is 3.60. The monoisotopic (exact) mass is 504 g/mol. The molecule has 0 saturated heterocycles. The van der Waals surface area contributed by atoms with E-state index in [1.165, 1.54) is 25.7 Å². The molecule has 2 unspecified atom stereocenters. The molecule has 0 saturated carbocycles. The molecule has 2 aromatic carbocycles. The van der Waals surface area contributed by atoms with Crippen LogP contribution in [0, 0.1) is 0 Å². The summed E-state index contributed by atoms with van der Waals surface area (Å²) >= 11 is -1.85. The minimum absolute atomic E-state index is 0.734. The van der Waals surface area contributed by atoms with E-state index in [0.717, 1.165) is 7.11 Å². The molecule has 0 aliphatic rings. The van der Waals surface area contributed by atoms with Crippen LogP contribution in [-0.2, 0) is 0 Å². The first-order chi connectivity index (χ1) is 13.1. The van der Waals surface area contributed by atoms with Crippen LogP contribution in [-0.4, -0.2) is 37.4 Å². The van der Waals surface area contributed by atoms with Crippen molar-refractivity contribution in [2.75, 3.05) is 0 Å². The molecule has 2 rings (SSSR count). The SMILES string of the molecule is CCCCC[CH2][SnH]([CH](c1ccccc1)[SiH](C)C)[CH](c1ccccc1)[SiH](C)C. The molecular weight excluding hydrogens is 463 g/mol. The van der Waals surface area contributed by atoms with Crippen LogP contribution in [0.5, 0.6) is 0 Å². The van der Waals surface area contributed by atoms with Crippen LogP contribution in [0.25, 0.3) is 0 Å². The Kier molecular flexibility index (Phi) is 10.4. The van der Waals surface area contributed by atoms with E-state index in [2.05, 4.69) is 93.8 Å². The molecule has 0 bridgehead atoms. The van der Waals surface area contributed by atoms with Crippen molar-refractivity contribution in [2.45, 2.75) is 70.3 Å². The molecule has 0 spiro atoms. The summed E-state index contributed by atoms with van der Waals surface area (Å²) in [5.74, 6) is 0. The van der Waals surface area contributed by atoms with Crippen molar-refractivity contribution < 1.29 is 0 Å². The molecule has 2 atom stereocenters. The molecule has 0 aliphatic carbocycles. The van der Waals surface area contributed by atoms with Gasteiger partial charge in [0.2, 0.25) is 0 Å². The molecule has 148 valence electrons. The summed E-state index contributed by atoms with van der Waals surface area (Å²) in [7, 11) is -1.47. The Morgan fingerprint density at radius 1 is 0.667 bits per heavy atom. The zero-order valence-electron chi connectivity index (χ0n) is 18.2. The molecule has 27 heavy (non-hydrogen) atoms. The van der Waals surface area contributed by atoms with Gasteiger partial charge >= 0.3 is 179 Å². The summed E-state index contributed by atoms with van der Waals surface area (Å²) in [6.07, 6.45) is 5.71. The van der Waals surface area contributed by atoms with Crippen molar-refractivity contribution in [3.05, 3.63) is 71.8 Å². The van der Waals surface area contributed by atoms with Gasteiger partial charge in [0.1, 0.15) is 0 Å². The molecule has 0 nitrogen and oxygen atoms in total. The van der Waals surface area contributed by atoms with Crippen molar-refractivity contribution in [1.29, 1.82) is 0 Å². The summed E-state index contributed by atoms with van der Waals surface area (Å²) in [5.41, 5.74) is 3.40. The molecule has 0 fully saturated rings. The summed E-state index contributed by atoms with van der Waals surface area (Å²) in [6, 6.07) is 23.3. The Bertz CT molecular complexity index is 576. The molecule has 0 amide bonds. The summed E-state index contributed by atoms with van der Waals surface area (Å²) in [6.45, 7) is 12.8. The van der Waals surface area contributed by atoms with E-state index in [-0.39, 0.29) is 0 Å².